The number of nitro groups is 1. The molecule has 0 atom stereocenters. The number of rotatable bonds is 6. The van der Waals surface area contributed by atoms with E-state index in [9.17, 15) is 14.9 Å². The number of hydrogen-bond acceptors (Lipinski definition) is 7. The molecule has 9 nitrogen and oxygen atoms in total. The quantitative estimate of drug-likeness (QED) is 0.463. The smallest absolute Gasteiger partial charge is 0.279 e. The maximum atomic E-state index is 11.5. The number of nitrogens with zero attached hydrogens (tertiary/aromatic N) is 4. The Kier molecular flexibility index (Phi) is 5.69. The molecule has 1 aromatic carbocycles. The first-order valence-corrected chi connectivity index (χ1v) is 7.00. The van der Waals surface area contributed by atoms with Gasteiger partial charge in [-0.3, -0.25) is 19.9 Å². The molecule has 1 N–H and O–H groups in total. The molecule has 0 saturated carbocycles. The number of benzene rings is 1. The third-order valence-corrected chi connectivity index (χ3v) is 2.97. The van der Waals surface area contributed by atoms with E-state index in [1.54, 1.807) is 6.07 Å². The number of carbonyl (C=O) groups is 1. The molecule has 0 spiro atoms. The molecule has 0 radical (unpaired) electrons. The summed E-state index contributed by atoms with van der Waals surface area (Å²) in [4.78, 5) is 29.6. The molecular weight excluding hydrogens is 370 g/mol. The number of carbonyl (C=O) groups excluding carboxylic acids is 1. The first kappa shape index (κ1) is 16.5. The molecule has 1 amide bonds. The standard InChI is InChI=1S/C13H10BrN5O4/c14-10-2-1-9(11(5-10)19(21)22)6-17-18-12(20)8-23-13-7-15-3-4-16-13/h1-7H,8H2,(H,18,20)/b17-6+. The molecular formula is C13H10BrN5O4. The predicted molar refractivity (Wildman–Crippen MR) is 84.1 cm³/mol. The molecule has 2 aromatic rings. The fourth-order valence-electron chi connectivity index (χ4n) is 1.49. The number of hydrogen-bond donors (Lipinski definition) is 1. The average Bonchev–Trinajstić information content (AvgIpc) is 2.55. The first-order chi connectivity index (χ1) is 11.1. The summed E-state index contributed by atoms with van der Waals surface area (Å²) in [6.07, 6.45) is 5.45. The maximum Gasteiger partial charge on any atom is 0.279 e. The molecule has 0 aliphatic heterocycles. The van der Waals surface area contributed by atoms with Crippen molar-refractivity contribution in [2.45, 2.75) is 0 Å². The Labute approximate surface area is 138 Å². The molecule has 0 saturated heterocycles. The highest BCUT2D eigenvalue weighted by Gasteiger charge is 2.12. The van der Waals surface area contributed by atoms with E-state index in [4.69, 9.17) is 4.74 Å². The minimum Gasteiger partial charge on any atom is -0.466 e. The van der Waals surface area contributed by atoms with E-state index in [1.807, 2.05) is 0 Å². The van der Waals surface area contributed by atoms with Gasteiger partial charge in [-0.15, -0.1) is 0 Å². The van der Waals surface area contributed by atoms with Gasteiger partial charge in [-0.25, -0.2) is 10.4 Å². The van der Waals surface area contributed by atoms with Crippen molar-refractivity contribution in [1.82, 2.24) is 15.4 Å². The Hall–Kier alpha value is -2.88. The van der Waals surface area contributed by atoms with Gasteiger partial charge in [0, 0.05) is 22.9 Å². The molecule has 0 bridgehead atoms. The predicted octanol–water partition coefficient (Wildman–Crippen LogP) is 1.68. The Balaban J connectivity index is 1.91. The molecule has 0 fully saturated rings. The summed E-state index contributed by atoms with van der Waals surface area (Å²) in [7, 11) is 0. The van der Waals surface area contributed by atoms with Crippen molar-refractivity contribution in [2.75, 3.05) is 6.61 Å². The second kappa shape index (κ2) is 7.94. The van der Waals surface area contributed by atoms with Crippen molar-refractivity contribution in [3.05, 3.63) is 56.9 Å². The lowest BCUT2D eigenvalue weighted by atomic mass is 10.2. The number of ether oxygens (including phenoxy) is 1. The van der Waals surface area contributed by atoms with E-state index >= 15 is 0 Å². The van der Waals surface area contributed by atoms with Crippen LogP contribution in [0.5, 0.6) is 5.88 Å². The monoisotopic (exact) mass is 379 g/mol. The third kappa shape index (κ3) is 5.11. The van der Waals surface area contributed by atoms with E-state index in [1.165, 1.54) is 36.9 Å². The van der Waals surface area contributed by atoms with E-state index in [0.29, 0.717) is 4.47 Å². The van der Waals surface area contributed by atoms with Crippen LogP contribution in [0.25, 0.3) is 0 Å². The first-order valence-electron chi connectivity index (χ1n) is 6.21. The number of hydrazone groups is 1. The van der Waals surface area contributed by atoms with Gasteiger partial charge >= 0.3 is 0 Å². The fourth-order valence-corrected chi connectivity index (χ4v) is 1.84. The number of halogens is 1. The summed E-state index contributed by atoms with van der Waals surface area (Å²) in [5.74, 6) is -0.332. The van der Waals surface area contributed by atoms with Crippen molar-refractivity contribution in [3.63, 3.8) is 0 Å². The number of amides is 1. The zero-order valence-electron chi connectivity index (χ0n) is 11.5. The maximum absolute atomic E-state index is 11.5. The van der Waals surface area contributed by atoms with Crippen LogP contribution in [0.1, 0.15) is 5.56 Å². The Morgan fingerprint density at radius 2 is 2.30 bits per heavy atom. The summed E-state index contributed by atoms with van der Waals surface area (Å²) in [5.41, 5.74) is 2.33. The second-order valence-electron chi connectivity index (χ2n) is 4.09. The van der Waals surface area contributed by atoms with Gasteiger partial charge in [0.1, 0.15) is 0 Å². The van der Waals surface area contributed by atoms with Crippen LogP contribution in [0.15, 0.2) is 46.4 Å². The molecule has 10 heteroatoms. The Morgan fingerprint density at radius 3 is 3.00 bits per heavy atom. The van der Waals surface area contributed by atoms with Crippen molar-refractivity contribution < 1.29 is 14.5 Å². The van der Waals surface area contributed by atoms with Crippen molar-refractivity contribution in [3.8, 4) is 5.88 Å². The van der Waals surface area contributed by atoms with Gasteiger partial charge in [-0.1, -0.05) is 15.9 Å². The number of nitrogens with one attached hydrogen (secondary N) is 1. The minimum atomic E-state index is -0.537. The van der Waals surface area contributed by atoms with E-state index < -0.39 is 10.8 Å². The number of nitro benzene ring substituents is 1. The Bertz CT molecular complexity index is 738. The highest BCUT2D eigenvalue weighted by molar-refractivity contribution is 9.10. The molecule has 0 aliphatic carbocycles. The van der Waals surface area contributed by atoms with Crippen molar-refractivity contribution in [1.29, 1.82) is 0 Å². The highest BCUT2D eigenvalue weighted by Crippen LogP contribution is 2.21. The SMILES string of the molecule is O=C(COc1cnccn1)N/N=C/c1ccc(Br)cc1[N+](=O)[O-]. The summed E-state index contributed by atoms with van der Waals surface area (Å²) < 4.78 is 5.65. The largest absolute Gasteiger partial charge is 0.466 e. The van der Waals surface area contributed by atoms with E-state index in [0.717, 1.165) is 0 Å². The van der Waals surface area contributed by atoms with Crippen LogP contribution in [0.2, 0.25) is 0 Å². The summed E-state index contributed by atoms with van der Waals surface area (Å²) in [6, 6.07) is 4.49. The molecule has 0 aliphatic rings. The zero-order chi connectivity index (χ0) is 16.7. The van der Waals surface area contributed by atoms with E-state index in [-0.39, 0.29) is 23.7 Å². The lowest BCUT2D eigenvalue weighted by molar-refractivity contribution is -0.385. The van der Waals surface area contributed by atoms with Crippen LogP contribution in [-0.4, -0.2) is 33.6 Å². The molecule has 1 heterocycles. The van der Waals surface area contributed by atoms with Gasteiger partial charge in [0.2, 0.25) is 5.88 Å². The molecule has 0 unspecified atom stereocenters. The summed E-state index contributed by atoms with van der Waals surface area (Å²) in [5, 5.41) is 14.6. The van der Waals surface area contributed by atoms with Crippen molar-refractivity contribution >= 4 is 33.7 Å². The topological polar surface area (TPSA) is 120 Å². The van der Waals surface area contributed by atoms with Gasteiger partial charge in [-0.2, -0.15) is 5.10 Å². The summed E-state index contributed by atoms with van der Waals surface area (Å²) in [6.45, 7) is -0.307. The van der Waals surface area contributed by atoms with Crippen LogP contribution < -0.4 is 10.2 Å². The van der Waals surface area contributed by atoms with Gasteiger partial charge in [-0.05, 0) is 12.1 Å². The van der Waals surface area contributed by atoms with Crippen LogP contribution in [-0.2, 0) is 4.79 Å². The normalized spacial score (nSPS) is 10.5. The molecule has 118 valence electrons. The van der Waals surface area contributed by atoms with Crippen LogP contribution in [0.4, 0.5) is 5.69 Å². The van der Waals surface area contributed by atoms with Gasteiger partial charge in [0.15, 0.2) is 6.61 Å². The molecule has 1 aromatic heterocycles. The minimum absolute atomic E-state index is 0.131. The second-order valence-corrected chi connectivity index (χ2v) is 5.00. The van der Waals surface area contributed by atoms with E-state index in [2.05, 4.69) is 36.4 Å². The Morgan fingerprint density at radius 1 is 1.48 bits per heavy atom. The molecule has 2 rings (SSSR count). The average molecular weight is 380 g/mol. The van der Waals surface area contributed by atoms with Gasteiger partial charge in [0.05, 0.1) is 22.9 Å². The van der Waals surface area contributed by atoms with Gasteiger partial charge in [0.25, 0.3) is 11.6 Å². The zero-order valence-corrected chi connectivity index (χ0v) is 13.1. The highest BCUT2D eigenvalue weighted by atomic mass is 79.9. The lowest BCUT2D eigenvalue weighted by Gasteiger charge is -2.02. The lowest BCUT2D eigenvalue weighted by Crippen LogP contribution is -2.24. The molecule has 23 heavy (non-hydrogen) atoms. The number of aromatic nitrogens is 2. The fraction of sp³-hybridized carbons (Fsp3) is 0.0769. The van der Waals surface area contributed by atoms with Crippen molar-refractivity contribution in [2.24, 2.45) is 5.10 Å². The van der Waals surface area contributed by atoms with Crippen LogP contribution in [0, 0.1) is 10.1 Å². The third-order valence-electron chi connectivity index (χ3n) is 2.47. The van der Waals surface area contributed by atoms with Gasteiger partial charge < -0.3 is 4.74 Å². The summed E-state index contributed by atoms with van der Waals surface area (Å²) >= 11 is 3.15. The van der Waals surface area contributed by atoms with Crippen LogP contribution in [0.3, 0.4) is 0 Å². The van der Waals surface area contributed by atoms with Crippen LogP contribution >= 0.6 is 15.9 Å².